The van der Waals surface area contributed by atoms with Crippen molar-refractivity contribution in [2.45, 2.75) is 26.4 Å². The zero-order valence-corrected chi connectivity index (χ0v) is 18.5. The van der Waals surface area contributed by atoms with E-state index < -0.39 is 17.6 Å². The van der Waals surface area contributed by atoms with Crippen LogP contribution in [0.25, 0.3) is 0 Å². The number of ether oxygens (including phenoxy) is 3. The number of nitrogens with one attached hydrogen (secondary N) is 1. The zero-order valence-electron chi connectivity index (χ0n) is 18.5. The average Bonchev–Trinajstić information content (AvgIpc) is 2.76. The van der Waals surface area contributed by atoms with Crippen LogP contribution >= 0.6 is 0 Å². The number of amides is 1. The van der Waals surface area contributed by atoms with Crippen LogP contribution in [0.15, 0.2) is 47.5 Å². The van der Waals surface area contributed by atoms with Gasteiger partial charge >= 0.3 is 6.18 Å². The van der Waals surface area contributed by atoms with Crippen molar-refractivity contribution in [2.75, 3.05) is 27.4 Å². The number of methoxy groups -OCH3 is 2. The molecule has 9 heteroatoms. The van der Waals surface area contributed by atoms with Gasteiger partial charge in [0.05, 0.1) is 26.4 Å². The topological polar surface area (TPSA) is 69.2 Å². The van der Waals surface area contributed by atoms with Crippen LogP contribution in [0.2, 0.25) is 0 Å². The molecule has 174 valence electrons. The number of hydrogen-bond donors (Lipinski definition) is 1. The molecule has 0 unspecified atom stereocenters. The second-order valence-electron chi connectivity index (χ2n) is 7.36. The lowest BCUT2D eigenvalue weighted by atomic mass is 10.1. The van der Waals surface area contributed by atoms with Gasteiger partial charge in [-0.1, -0.05) is 26.0 Å². The van der Waals surface area contributed by atoms with Crippen molar-refractivity contribution >= 4 is 11.9 Å². The summed E-state index contributed by atoms with van der Waals surface area (Å²) in [5, 5.41) is 2.47. The molecule has 0 radical (unpaired) electrons. The van der Waals surface area contributed by atoms with Gasteiger partial charge in [-0.25, -0.2) is 4.99 Å². The van der Waals surface area contributed by atoms with Crippen LogP contribution in [0.5, 0.6) is 11.5 Å². The minimum Gasteiger partial charge on any atom is -0.493 e. The van der Waals surface area contributed by atoms with Gasteiger partial charge in [0.15, 0.2) is 11.5 Å². The summed E-state index contributed by atoms with van der Waals surface area (Å²) in [6, 6.07) is 9.61. The molecule has 0 aliphatic heterocycles. The minimum atomic E-state index is -4.54. The van der Waals surface area contributed by atoms with Crippen LogP contribution in [0.3, 0.4) is 0 Å². The molecule has 2 aromatic carbocycles. The number of nitrogens with zero attached hydrogens (tertiary/aromatic N) is 1. The Morgan fingerprint density at radius 1 is 1.06 bits per heavy atom. The highest BCUT2D eigenvalue weighted by Gasteiger charge is 2.31. The van der Waals surface area contributed by atoms with Crippen molar-refractivity contribution in [3.05, 3.63) is 59.2 Å². The van der Waals surface area contributed by atoms with Crippen LogP contribution in [0.1, 0.15) is 35.3 Å². The molecule has 0 aromatic heterocycles. The Labute approximate surface area is 185 Å². The van der Waals surface area contributed by atoms with Gasteiger partial charge in [-0.3, -0.25) is 10.1 Å². The summed E-state index contributed by atoms with van der Waals surface area (Å²) in [7, 11) is 3.09. The van der Waals surface area contributed by atoms with E-state index in [-0.39, 0.29) is 30.7 Å². The highest BCUT2D eigenvalue weighted by molar-refractivity contribution is 6.04. The summed E-state index contributed by atoms with van der Waals surface area (Å²) in [6.45, 7) is 4.43. The molecule has 0 bridgehead atoms. The van der Waals surface area contributed by atoms with E-state index >= 15 is 0 Å². The number of hydrogen-bond acceptors (Lipinski definition) is 5. The monoisotopic (exact) mass is 452 g/mol. The number of alkyl halides is 3. The van der Waals surface area contributed by atoms with Crippen LogP contribution in [0, 0.1) is 5.92 Å². The molecule has 32 heavy (non-hydrogen) atoms. The number of carbonyl (C=O) groups excluding carboxylic acids is 1. The van der Waals surface area contributed by atoms with Gasteiger partial charge in [-0.2, -0.15) is 13.2 Å². The average molecular weight is 452 g/mol. The van der Waals surface area contributed by atoms with Crippen molar-refractivity contribution in [3.63, 3.8) is 0 Å². The Bertz CT molecular complexity index is 943. The molecule has 0 saturated heterocycles. The standard InChI is InChI=1S/C23H27F3N2O4/c1-15(2)14-32-22(27-11-10-16-8-9-19(30-3)20(12-16)31-4)28-21(29)17-6-5-7-18(13-17)23(24,25)26/h5-9,12-13,15H,10-11,14H2,1-4H3,(H,27,28,29). The van der Waals surface area contributed by atoms with E-state index in [9.17, 15) is 18.0 Å². The maximum atomic E-state index is 12.9. The van der Waals surface area contributed by atoms with Crippen LogP contribution in [-0.4, -0.2) is 39.3 Å². The summed E-state index contributed by atoms with van der Waals surface area (Å²) >= 11 is 0. The van der Waals surface area contributed by atoms with Crippen molar-refractivity contribution in [1.82, 2.24) is 5.32 Å². The van der Waals surface area contributed by atoms with Gasteiger partial charge in [-0.05, 0) is 48.2 Å². The van der Waals surface area contributed by atoms with Gasteiger partial charge < -0.3 is 14.2 Å². The van der Waals surface area contributed by atoms with Crippen LogP contribution < -0.4 is 14.8 Å². The molecule has 1 amide bonds. The van der Waals surface area contributed by atoms with Gasteiger partial charge in [0.2, 0.25) is 0 Å². The Morgan fingerprint density at radius 2 is 1.78 bits per heavy atom. The smallest absolute Gasteiger partial charge is 0.416 e. The molecule has 2 aromatic rings. The summed E-state index contributed by atoms with van der Waals surface area (Å²) in [5.41, 5.74) is -0.112. The van der Waals surface area contributed by atoms with Gasteiger partial charge in [0, 0.05) is 12.1 Å². The maximum Gasteiger partial charge on any atom is 0.416 e. The Balaban J connectivity index is 2.12. The second kappa shape index (κ2) is 11.4. The zero-order chi connectivity index (χ0) is 23.7. The third-order valence-electron chi connectivity index (χ3n) is 4.33. The third-order valence-corrected chi connectivity index (χ3v) is 4.33. The Kier molecular flexibility index (Phi) is 8.92. The molecule has 1 N–H and O–H groups in total. The van der Waals surface area contributed by atoms with Crippen molar-refractivity contribution in [2.24, 2.45) is 10.9 Å². The second-order valence-corrected chi connectivity index (χ2v) is 7.36. The number of carbonyl (C=O) groups is 1. The third kappa shape index (κ3) is 7.47. The van der Waals surface area contributed by atoms with E-state index in [1.54, 1.807) is 20.3 Å². The molecule has 6 nitrogen and oxygen atoms in total. The van der Waals surface area contributed by atoms with Crippen molar-refractivity contribution in [1.29, 1.82) is 0 Å². The lowest BCUT2D eigenvalue weighted by Gasteiger charge is -2.13. The fourth-order valence-electron chi connectivity index (χ4n) is 2.70. The van der Waals surface area contributed by atoms with E-state index in [1.165, 1.54) is 12.1 Å². The SMILES string of the molecule is COc1ccc(CCN=C(NC(=O)c2cccc(C(F)(F)F)c2)OCC(C)C)cc1OC. The summed E-state index contributed by atoms with van der Waals surface area (Å²) < 4.78 is 54.9. The van der Waals surface area contributed by atoms with Gasteiger partial charge in [0.1, 0.15) is 0 Å². The molecule has 0 aliphatic rings. The molecule has 0 fully saturated rings. The summed E-state index contributed by atoms with van der Waals surface area (Å²) in [5.74, 6) is 0.624. The number of halogens is 3. The Morgan fingerprint density at radius 3 is 2.41 bits per heavy atom. The molecule has 0 heterocycles. The maximum absolute atomic E-state index is 12.9. The molecule has 0 saturated carbocycles. The van der Waals surface area contributed by atoms with Crippen molar-refractivity contribution < 1.29 is 32.2 Å². The van der Waals surface area contributed by atoms with E-state index in [2.05, 4.69) is 10.3 Å². The fraction of sp³-hybridized carbons (Fsp3) is 0.391. The summed E-state index contributed by atoms with van der Waals surface area (Å²) in [4.78, 5) is 16.8. The van der Waals surface area contributed by atoms with Gasteiger partial charge in [0.25, 0.3) is 11.9 Å². The predicted molar refractivity (Wildman–Crippen MR) is 115 cm³/mol. The summed E-state index contributed by atoms with van der Waals surface area (Å²) in [6.07, 6.45) is -4.02. The normalized spacial score (nSPS) is 11.9. The largest absolute Gasteiger partial charge is 0.493 e. The predicted octanol–water partition coefficient (Wildman–Crippen LogP) is 4.72. The number of amidine groups is 1. The van der Waals surface area contributed by atoms with E-state index in [0.29, 0.717) is 17.9 Å². The first-order chi connectivity index (χ1) is 15.1. The van der Waals surface area contributed by atoms with Crippen molar-refractivity contribution in [3.8, 4) is 11.5 Å². The van der Waals surface area contributed by atoms with Crippen LogP contribution in [-0.2, 0) is 17.3 Å². The first-order valence-corrected chi connectivity index (χ1v) is 10.0. The van der Waals surface area contributed by atoms with E-state index in [1.807, 2.05) is 26.0 Å². The van der Waals surface area contributed by atoms with E-state index in [4.69, 9.17) is 14.2 Å². The van der Waals surface area contributed by atoms with Crippen LogP contribution in [0.4, 0.5) is 13.2 Å². The quantitative estimate of drug-likeness (QED) is 0.465. The van der Waals surface area contributed by atoms with Gasteiger partial charge in [-0.15, -0.1) is 0 Å². The lowest BCUT2D eigenvalue weighted by Crippen LogP contribution is -2.34. The molecule has 0 aliphatic carbocycles. The molecule has 0 spiro atoms. The molecular formula is C23H27F3N2O4. The first kappa shape index (κ1) is 25.0. The highest BCUT2D eigenvalue weighted by atomic mass is 19.4. The number of rotatable bonds is 8. The number of aliphatic imine (C=N–C) groups is 1. The number of benzene rings is 2. The molecule has 2 rings (SSSR count). The highest BCUT2D eigenvalue weighted by Crippen LogP contribution is 2.29. The lowest BCUT2D eigenvalue weighted by molar-refractivity contribution is -0.137. The fourth-order valence-corrected chi connectivity index (χ4v) is 2.70. The molecule has 0 atom stereocenters. The Hall–Kier alpha value is -3.23. The molecular weight excluding hydrogens is 425 g/mol. The van der Waals surface area contributed by atoms with E-state index in [0.717, 1.165) is 17.7 Å². The first-order valence-electron chi connectivity index (χ1n) is 10.0. The minimum absolute atomic E-state index is 0.0402.